The lowest BCUT2D eigenvalue weighted by molar-refractivity contribution is -0.894. The number of methoxy groups -OCH3 is 2. The maximum Gasteiger partial charge on any atom is 0.264 e. The van der Waals surface area contributed by atoms with Crippen LogP contribution >= 0.6 is 11.3 Å². The molecule has 0 saturated heterocycles. The van der Waals surface area contributed by atoms with Crippen molar-refractivity contribution in [2.75, 3.05) is 45.3 Å². The molecule has 0 atom stereocenters. The van der Waals surface area contributed by atoms with Gasteiger partial charge in [-0.3, -0.25) is 9.69 Å². The van der Waals surface area contributed by atoms with Crippen LogP contribution in [0.3, 0.4) is 0 Å². The minimum absolute atomic E-state index is 0.0972. The molecule has 1 heterocycles. The van der Waals surface area contributed by atoms with Crippen LogP contribution in [0.2, 0.25) is 0 Å². The quantitative estimate of drug-likeness (QED) is 0.585. The standard InChI is InChI=1S/C22H27N3O3S/c1-5-24(6-2)13-14-25(21(26)17-9-7-8-10-19(17)28-4)22-23-18-12-11-16(27-3)15-20(18)29-22/h7-12,15H,5-6,13-14H2,1-4H3/p+1. The van der Waals surface area contributed by atoms with E-state index >= 15 is 0 Å². The maximum absolute atomic E-state index is 13.5. The van der Waals surface area contributed by atoms with Crippen LogP contribution in [0.1, 0.15) is 24.2 Å². The summed E-state index contributed by atoms with van der Waals surface area (Å²) in [6.07, 6.45) is 0. The summed E-state index contributed by atoms with van der Waals surface area (Å²) in [5, 5.41) is 0.690. The second-order valence-corrected chi connectivity index (χ2v) is 7.70. The highest BCUT2D eigenvalue weighted by atomic mass is 32.1. The van der Waals surface area contributed by atoms with Crippen LogP contribution in [0.15, 0.2) is 42.5 Å². The Balaban J connectivity index is 1.99. The van der Waals surface area contributed by atoms with Crippen molar-refractivity contribution in [3.8, 4) is 11.5 Å². The maximum atomic E-state index is 13.5. The molecule has 3 aromatic rings. The fraction of sp³-hybridized carbons (Fsp3) is 0.364. The van der Waals surface area contributed by atoms with E-state index in [0.717, 1.165) is 35.6 Å². The van der Waals surface area contributed by atoms with Gasteiger partial charge in [-0.05, 0) is 44.2 Å². The van der Waals surface area contributed by atoms with E-state index in [1.165, 1.54) is 16.2 Å². The molecule has 7 heteroatoms. The number of para-hydroxylation sites is 1. The van der Waals surface area contributed by atoms with Gasteiger partial charge in [0.2, 0.25) is 0 Å². The smallest absolute Gasteiger partial charge is 0.264 e. The van der Waals surface area contributed by atoms with E-state index in [1.807, 2.05) is 36.4 Å². The number of nitrogens with one attached hydrogen (secondary N) is 1. The van der Waals surface area contributed by atoms with E-state index < -0.39 is 0 Å². The average molecular weight is 415 g/mol. The summed E-state index contributed by atoms with van der Waals surface area (Å²) in [6, 6.07) is 13.1. The average Bonchev–Trinajstić information content (AvgIpc) is 3.19. The highest BCUT2D eigenvalue weighted by molar-refractivity contribution is 7.22. The number of hydrogen-bond acceptors (Lipinski definition) is 5. The molecule has 2 aromatic carbocycles. The molecule has 1 amide bonds. The summed E-state index contributed by atoms with van der Waals surface area (Å²) >= 11 is 1.50. The van der Waals surface area contributed by atoms with Gasteiger partial charge in [-0.2, -0.15) is 0 Å². The SMILES string of the molecule is CC[NH+](CC)CCN(C(=O)c1ccccc1OC)c1nc2ccc(OC)cc2s1. The van der Waals surface area contributed by atoms with Crippen LogP contribution in [0.25, 0.3) is 10.2 Å². The van der Waals surface area contributed by atoms with Gasteiger partial charge in [-0.25, -0.2) is 4.98 Å². The molecule has 0 saturated carbocycles. The summed E-state index contributed by atoms with van der Waals surface area (Å²) in [7, 11) is 3.23. The Kier molecular flexibility index (Phi) is 7.06. The van der Waals surface area contributed by atoms with Gasteiger partial charge in [0.15, 0.2) is 5.13 Å². The molecule has 1 aromatic heterocycles. The highest BCUT2D eigenvalue weighted by Gasteiger charge is 2.25. The number of rotatable bonds is 9. The van der Waals surface area contributed by atoms with E-state index in [1.54, 1.807) is 25.2 Å². The zero-order chi connectivity index (χ0) is 20.8. The first-order valence-electron chi connectivity index (χ1n) is 9.84. The molecule has 0 radical (unpaired) electrons. The van der Waals surface area contributed by atoms with Crippen LogP contribution in [0.5, 0.6) is 11.5 Å². The zero-order valence-electron chi connectivity index (χ0n) is 17.4. The fourth-order valence-electron chi connectivity index (χ4n) is 3.26. The lowest BCUT2D eigenvalue weighted by Crippen LogP contribution is -3.12. The van der Waals surface area contributed by atoms with E-state index in [4.69, 9.17) is 14.5 Å². The normalized spacial score (nSPS) is 11.1. The van der Waals surface area contributed by atoms with Crippen LogP contribution in [0.4, 0.5) is 5.13 Å². The molecular weight excluding hydrogens is 386 g/mol. The van der Waals surface area contributed by atoms with E-state index in [9.17, 15) is 4.79 Å². The molecule has 0 unspecified atom stereocenters. The third kappa shape index (κ3) is 4.68. The molecule has 6 nitrogen and oxygen atoms in total. The van der Waals surface area contributed by atoms with Crippen molar-refractivity contribution < 1.29 is 19.2 Å². The zero-order valence-corrected chi connectivity index (χ0v) is 18.2. The van der Waals surface area contributed by atoms with Crippen molar-refractivity contribution in [3.05, 3.63) is 48.0 Å². The van der Waals surface area contributed by atoms with Gasteiger partial charge in [0.25, 0.3) is 5.91 Å². The van der Waals surface area contributed by atoms with Crippen LogP contribution in [-0.2, 0) is 0 Å². The fourth-order valence-corrected chi connectivity index (χ4v) is 4.28. The van der Waals surface area contributed by atoms with Crippen molar-refractivity contribution in [3.63, 3.8) is 0 Å². The number of likely N-dealkylation sites (N-methyl/N-ethyl adjacent to an activating group) is 1. The van der Waals surface area contributed by atoms with Crippen molar-refractivity contribution >= 4 is 32.6 Å². The predicted octanol–water partition coefficient (Wildman–Crippen LogP) is 2.89. The number of nitrogens with zero attached hydrogens (tertiary/aromatic N) is 2. The summed E-state index contributed by atoms with van der Waals surface area (Å²) in [5.74, 6) is 1.25. The molecule has 0 aliphatic heterocycles. The van der Waals surface area contributed by atoms with Crippen LogP contribution in [0, 0.1) is 0 Å². The van der Waals surface area contributed by atoms with Gasteiger partial charge in [0, 0.05) is 0 Å². The van der Waals surface area contributed by atoms with Crippen molar-refractivity contribution in [1.82, 2.24) is 4.98 Å². The number of ether oxygens (including phenoxy) is 2. The molecule has 1 N–H and O–H groups in total. The Hall–Kier alpha value is -2.64. The van der Waals surface area contributed by atoms with Gasteiger partial charge in [-0.15, -0.1) is 0 Å². The summed E-state index contributed by atoms with van der Waals surface area (Å²) < 4.78 is 11.7. The number of benzene rings is 2. The molecule has 0 aliphatic rings. The monoisotopic (exact) mass is 414 g/mol. The van der Waals surface area contributed by atoms with Gasteiger partial charge in [-0.1, -0.05) is 23.5 Å². The summed E-state index contributed by atoms with van der Waals surface area (Å²) in [5.41, 5.74) is 1.40. The number of thiazole rings is 1. The number of hydrogen-bond donors (Lipinski definition) is 1. The lowest BCUT2D eigenvalue weighted by atomic mass is 10.1. The third-order valence-electron chi connectivity index (χ3n) is 5.09. The first kappa shape index (κ1) is 21.1. The van der Waals surface area contributed by atoms with Gasteiger partial charge in [0.05, 0.1) is 56.2 Å². The molecule has 0 fully saturated rings. The minimum Gasteiger partial charge on any atom is -0.497 e. The molecule has 3 rings (SSSR count). The topological polar surface area (TPSA) is 56.1 Å². The Morgan fingerprint density at radius 2 is 1.86 bits per heavy atom. The number of anilines is 1. The lowest BCUT2D eigenvalue weighted by Gasteiger charge is -2.23. The first-order valence-corrected chi connectivity index (χ1v) is 10.7. The molecule has 29 heavy (non-hydrogen) atoms. The third-order valence-corrected chi connectivity index (χ3v) is 6.13. The Morgan fingerprint density at radius 1 is 1.10 bits per heavy atom. The Bertz CT molecular complexity index is 969. The van der Waals surface area contributed by atoms with E-state index in [0.29, 0.717) is 23.0 Å². The molecule has 154 valence electrons. The minimum atomic E-state index is -0.0972. The number of carbonyl (C=O) groups is 1. The number of carbonyl (C=O) groups excluding carboxylic acids is 1. The summed E-state index contributed by atoms with van der Waals surface area (Å²) in [6.45, 7) is 7.80. The molecular formula is C22H28N3O3S+. The number of amides is 1. The van der Waals surface area contributed by atoms with Crippen molar-refractivity contribution in [1.29, 1.82) is 0 Å². The largest absolute Gasteiger partial charge is 0.497 e. The van der Waals surface area contributed by atoms with Crippen LogP contribution in [-0.4, -0.2) is 51.3 Å². The Labute approximate surface area is 175 Å². The van der Waals surface area contributed by atoms with Gasteiger partial charge >= 0.3 is 0 Å². The van der Waals surface area contributed by atoms with Gasteiger partial charge in [0.1, 0.15) is 11.5 Å². The van der Waals surface area contributed by atoms with Crippen molar-refractivity contribution in [2.45, 2.75) is 13.8 Å². The second-order valence-electron chi connectivity index (χ2n) is 6.69. The van der Waals surface area contributed by atoms with Crippen LogP contribution < -0.4 is 19.3 Å². The van der Waals surface area contributed by atoms with Crippen molar-refractivity contribution in [2.24, 2.45) is 0 Å². The van der Waals surface area contributed by atoms with E-state index in [-0.39, 0.29) is 5.91 Å². The molecule has 0 spiro atoms. The number of fused-ring (bicyclic) bond motifs is 1. The second kappa shape index (κ2) is 9.71. The number of aromatic nitrogens is 1. The predicted molar refractivity (Wildman–Crippen MR) is 118 cm³/mol. The number of quaternary nitrogens is 1. The highest BCUT2D eigenvalue weighted by Crippen LogP contribution is 2.32. The summed E-state index contributed by atoms with van der Waals surface area (Å²) in [4.78, 5) is 21.4. The van der Waals surface area contributed by atoms with E-state index in [2.05, 4.69) is 13.8 Å². The first-order chi connectivity index (χ1) is 14.1. The van der Waals surface area contributed by atoms with Gasteiger partial charge < -0.3 is 14.4 Å². The Morgan fingerprint density at radius 3 is 2.55 bits per heavy atom. The molecule has 0 bridgehead atoms. The molecule has 0 aliphatic carbocycles.